The highest BCUT2D eigenvalue weighted by molar-refractivity contribution is 5.77. The Bertz CT molecular complexity index is 974. The maximum atomic E-state index is 12.1. The van der Waals surface area contributed by atoms with Crippen LogP contribution in [-0.4, -0.2) is 5.97 Å². The van der Waals surface area contributed by atoms with Gasteiger partial charge >= 0.3 is 17.4 Å². The zero-order valence-electron chi connectivity index (χ0n) is 13.3. The number of carbonyl (C=O) groups excluding carboxylic acids is 1. The number of fused-ring (bicyclic) bond motifs is 1. The van der Waals surface area contributed by atoms with Crippen molar-refractivity contribution in [2.75, 3.05) is 0 Å². The lowest BCUT2D eigenvalue weighted by Gasteiger charge is -2.17. The molecule has 3 rings (SSSR count). The topological polar surface area (TPSA) is 163 Å². The van der Waals surface area contributed by atoms with Gasteiger partial charge in [-0.15, -0.1) is 15.2 Å². The van der Waals surface area contributed by atoms with E-state index in [4.69, 9.17) is 27.8 Å². The summed E-state index contributed by atoms with van der Waals surface area (Å²) in [6.45, 7) is 1.32. The van der Waals surface area contributed by atoms with Gasteiger partial charge in [0, 0.05) is 6.92 Å². The van der Waals surface area contributed by atoms with E-state index in [0.717, 1.165) is 0 Å². The van der Waals surface area contributed by atoms with Gasteiger partial charge in [0.25, 0.3) is 0 Å². The Morgan fingerprint density at radius 3 is 2.27 bits per heavy atom. The van der Waals surface area contributed by atoms with E-state index in [9.17, 15) is 9.59 Å². The molecule has 1 aromatic heterocycles. The maximum Gasteiger partial charge on any atom is 0.424 e. The number of hydrogen-bond acceptors (Lipinski definition) is 8. The Kier molecular flexibility index (Phi) is 6.03. The van der Waals surface area contributed by atoms with E-state index in [0.29, 0.717) is 22.3 Å². The minimum absolute atomic E-state index is 0.246. The molecule has 1 heterocycles. The van der Waals surface area contributed by atoms with Crippen LogP contribution in [0.3, 0.4) is 0 Å². The van der Waals surface area contributed by atoms with Gasteiger partial charge in [-0.05, 0) is 24.3 Å². The Labute approximate surface area is 148 Å². The molecular weight excluding hydrogens is 370 g/mol. The van der Waals surface area contributed by atoms with Crippen molar-refractivity contribution in [1.29, 1.82) is 0 Å². The summed E-state index contributed by atoms with van der Waals surface area (Å²) in [7, 11) is -4.94. The van der Waals surface area contributed by atoms with Gasteiger partial charge in [-0.1, -0.05) is 24.3 Å². The summed E-state index contributed by atoms with van der Waals surface area (Å²) < 4.78 is 44.8. The molecular formula is C16H12ClNO8. The summed E-state index contributed by atoms with van der Waals surface area (Å²) in [6, 6.07) is 13.8. The summed E-state index contributed by atoms with van der Waals surface area (Å²) in [5.74, 6) is 0.140. The maximum absolute atomic E-state index is 12.1. The number of halogens is 1. The molecule has 0 amide bonds. The monoisotopic (exact) mass is 381 g/mol. The minimum Gasteiger partial charge on any atom is -0.426 e. The number of benzene rings is 2. The number of aromatic nitrogens is 1. The van der Waals surface area contributed by atoms with Crippen LogP contribution in [0.1, 0.15) is 6.92 Å². The molecule has 0 aliphatic carbocycles. The molecule has 0 unspecified atom stereocenters. The standard InChI is InChI=1S/C16H11NO4.ClHO4/c1-10(18)20-14-9-5-3-7-12(14)16-17-15(19)11-6-2-4-8-13(11)21-16;2-1(3,4)5/h2-9H,1H3;(H,2,3,4,5). The predicted octanol–water partition coefficient (Wildman–Crippen LogP) is -2.56. The van der Waals surface area contributed by atoms with Crippen LogP contribution >= 0.6 is 0 Å². The van der Waals surface area contributed by atoms with Crippen LogP contribution in [-0.2, 0) is 4.79 Å². The van der Waals surface area contributed by atoms with Crippen molar-refractivity contribution in [1.82, 2.24) is 0 Å². The van der Waals surface area contributed by atoms with Crippen molar-refractivity contribution in [2.45, 2.75) is 6.92 Å². The van der Waals surface area contributed by atoms with E-state index in [1.807, 2.05) is 0 Å². The van der Waals surface area contributed by atoms with Gasteiger partial charge < -0.3 is 9.15 Å². The van der Waals surface area contributed by atoms with Gasteiger partial charge in [-0.2, -0.15) is 0 Å². The lowest BCUT2D eigenvalue weighted by molar-refractivity contribution is -2.00. The van der Waals surface area contributed by atoms with Crippen LogP contribution in [0.5, 0.6) is 5.75 Å². The Hall–Kier alpha value is -2.82. The van der Waals surface area contributed by atoms with Crippen LogP contribution in [0.2, 0.25) is 0 Å². The van der Waals surface area contributed by atoms with Crippen molar-refractivity contribution in [3.05, 3.63) is 58.9 Å². The number of aromatic amines is 1. The molecule has 2 aromatic carbocycles. The molecule has 0 spiro atoms. The first-order chi connectivity index (χ1) is 12.1. The van der Waals surface area contributed by atoms with E-state index in [2.05, 4.69) is 4.98 Å². The molecule has 9 nitrogen and oxygen atoms in total. The number of carbonyl (C=O) groups is 1. The quantitative estimate of drug-likeness (QED) is 0.345. The number of hydrogen-bond donors (Lipinski definition) is 0. The van der Waals surface area contributed by atoms with Gasteiger partial charge in [0.2, 0.25) is 0 Å². The van der Waals surface area contributed by atoms with Gasteiger partial charge in [0.1, 0.15) is 16.7 Å². The second-order valence-electron chi connectivity index (χ2n) is 4.85. The number of ether oxygens (including phenoxy) is 1. The molecule has 0 aliphatic rings. The van der Waals surface area contributed by atoms with E-state index in [1.165, 1.54) is 6.92 Å². The SMILES string of the molecule is CC(=O)Oc1ccccc1-c1[nH+]c(=O)c2ccccc2o1.[O-][Cl+3]([O-])([O-])[O-]. The molecule has 26 heavy (non-hydrogen) atoms. The third-order valence-electron chi connectivity index (χ3n) is 2.96. The highest BCUT2D eigenvalue weighted by Crippen LogP contribution is 2.27. The predicted molar refractivity (Wildman–Crippen MR) is 75.8 cm³/mol. The highest BCUT2D eigenvalue weighted by Gasteiger charge is 2.19. The van der Waals surface area contributed by atoms with Gasteiger partial charge in [-0.3, -0.25) is 4.79 Å². The zero-order chi connectivity index (χ0) is 19.3. The van der Waals surface area contributed by atoms with E-state index >= 15 is 0 Å². The first-order valence-corrected chi connectivity index (χ1v) is 8.23. The molecule has 3 aromatic rings. The van der Waals surface area contributed by atoms with Gasteiger partial charge in [0.05, 0.1) is 0 Å². The van der Waals surface area contributed by atoms with Crippen molar-refractivity contribution < 1.29 is 47.8 Å². The number of esters is 1. The van der Waals surface area contributed by atoms with E-state index in [1.54, 1.807) is 48.5 Å². The fourth-order valence-corrected chi connectivity index (χ4v) is 2.07. The zero-order valence-corrected chi connectivity index (χ0v) is 14.0. The van der Waals surface area contributed by atoms with E-state index < -0.39 is 16.2 Å². The molecule has 10 heteroatoms. The molecule has 0 fully saturated rings. The van der Waals surface area contributed by atoms with E-state index in [-0.39, 0.29) is 11.4 Å². The first-order valence-electron chi connectivity index (χ1n) is 7.00. The fourth-order valence-electron chi connectivity index (χ4n) is 2.07. The number of nitrogens with one attached hydrogen (secondary N) is 1. The lowest BCUT2D eigenvalue weighted by atomic mass is 10.2. The smallest absolute Gasteiger partial charge is 0.424 e. The molecule has 0 aliphatic heterocycles. The summed E-state index contributed by atoms with van der Waals surface area (Å²) >= 11 is 0. The first kappa shape index (κ1) is 19.5. The highest BCUT2D eigenvalue weighted by atomic mass is 35.7. The normalized spacial score (nSPS) is 10.8. The third-order valence-corrected chi connectivity index (χ3v) is 2.96. The molecule has 0 saturated carbocycles. The average Bonchev–Trinajstić information content (AvgIpc) is 2.53. The molecule has 0 saturated heterocycles. The van der Waals surface area contributed by atoms with Gasteiger partial charge in [-0.25, -0.2) is 23.4 Å². The summed E-state index contributed by atoms with van der Waals surface area (Å²) in [6.07, 6.45) is 0. The minimum atomic E-state index is -4.94. The second-order valence-corrected chi connectivity index (χ2v) is 5.61. The van der Waals surface area contributed by atoms with Crippen molar-refractivity contribution >= 4 is 16.9 Å². The Morgan fingerprint density at radius 1 is 1.04 bits per heavy atom. The van der Waals surface area contributed by atoms with Crippen LogP contribution in [0.15, 0.2) is 57.7 Å². The summed E-state index contributed by atoms with van der Waals surface area (Å²) in [5.41, 5.74) is 0.717. The Morgan fingerprint density at radius 2 is 1.62 bits per heavy atom. The fraction of sp³-hybridized carbons (Fsp3) is 0.0625. The van der Waals surface area contributed by atoms with Crippen LogP contribution in [0.25, 0.3) is 22.4 Å². The molecule has 0 bridgehead atoms. The average molecular weight is 382 g/mol. The van der Waals surface area contributed by atoms with Crippen LogP contribution in [0, 0.1) is 10.2 Å². The molecule has 136 valence electrons. The van der Waals surface area contributed by atoms with Crippen molar-refractivity contribution in [2.24, 2.45) is 0 Å². The molecule has 0 radical (unpaired) electrons. The summed E-state index contributed by atoms with van der Waals surface area (Å²) in [4.78, 5) is 25.9. The van der Waals surface area contributed by atoms with Gasteiger partial charge in [0.15, 0.2) is 5.58 Å². The van der Waals surface area contributed by atoms with Crippen molar-refractivity contribution in [3.8, 4) is 17.2 Å². The summed E-state index contributed by atoms with van der Waals surface area (Å²) in [5, 5.41) is 0.464. The third kappa shape index (κ3) is 5.62. The largest absolute Gasteiger partial charge is 0.426 e. The van der Waals surface area contributed by atoms with Crippen molar-refractivity contribution in [3.63, 3.8) is 0 Å². The van der Waals surface area contributed by atoms with Crippen LogP contribution in [0.4, 0.5) is 0 Å². The second kappa shape index (κ2) is 8.04. The lowest BCUT2D eigenvalue weighted by Crippen LogP contribution is -2.68. The van der Waals surface area contributed by atoms with Crippen LogP contribution < -0.4 is 33.9 Å². The Balaban J connectivity index is 0.000000431. The number of para-hydroxylation sites is 2. The molecule has 0 atom stereocenters. The number of rotatable bonds is 2. The number of H-pyrrole nitrogens is 1. The molecule has 1 N–H and O–H groups in total.